The van der Waals surface area contributed by atoms with Crippen LogP contribution in [0.2, 0.25) is 0 Å². The lowest BCUT2D eigenvalue weighted by molar-refractivity contribution is -0.117. The fraction of sp³-hybridized carbons (Fsp3) is 0.300. The van der Waals surface area contributed by atoms with Gasteiger partial charge < -0.3 is 9.47 Å². The standard InChI is InChI=1S/C30H31FO3/c1-7-22(16-20(2)32)23-9-11-24(12-10-23)34-19-21-8-14-28(30(3,4)5)26(17-21)27-18-25(33-6)13-15-29(27)31/h1,8-15,17-18,22H,16,19H2,2-6H3/t22-/m1/s1. The zero-order valence-electron chi connectivity index (χ0n) is 20.4. The summed E-state index contributed by atoms with van der Waals surface area (Å²) in [6, 6.07) is 18.3. The van der Waals surface area contributed by atoms with Gasteiger partial charge in [-0.05, 0) is 71.0 Å². The van der Waals surface area contributed by atoms with Crippen LogP contribution in [0.3, 0.4) is 0 Å². The van der Waals surface area contributed by atoms with Gasteiger partial charge in [0, 0.05) is 12.0 Å². The van der Waals surface area contributed by atoms with Crippen LogP contribution in [0.4, 0.5) is 4.39 Å². The van der Waals surface area contributed by atoms with E-state index in [1.54, 1.807) is 26.2 Å². The number of carbonyl (C=O) groups excluding carboxylic acids is 1. The molecule has 0 aliphatic rings. The predicted molar refractivity (Wildman–Crippen MR) is 135 cm³/mol. The lowest BCUT2D eigenvalue weighted by Crippen LogP contribution is -2.13. The Morgan fingerprint density at radius 3 is 2.26 bits per heavy atom. The Kier molecular flexibility index (Phi) is 7.79. The van der Waals surface area contributed by atoms with Crippen LogP contribution in [-0.4, -0.2) is 12.9 Å². The molecule has 3 nitrogen and oxygen atoms in total. The Balaban J connectivity index is 1.86. The molecule has 0 saturated heterocycles. The van der Waals surface area contributed by atoms with E-state index in [9.17, 15) is 9.18 Å². The van der Waals surface area contributed by atoms with Gasteiger partial charge in [0.1, 0.15) is 29.7 Å². The molecular weight excluding hydrogens is 427 g/mol. The minimum absolute atomic E-state index is 0.0604. The van der Waals surface area contributed by atoms with Crippen LogP contribution in [0.15, 0.2) is 60.7 Å². The van der Waals surface area contributed by atoms with Crippen LogP contribution in [0.1, 0.15) is 56.7 Å². The fourth-order valence-corrected chi connectivity index (χ4v) is 3.92. The van der Waals surface area contributed by atoms with Crippen molar-refractivity contribution in [3.05, 3.63) is 83.2 Å². The first-order valence-electron chi connectivity index (χ1n) is 11.3. The minimum atomic E-state index is -0.298. The van der Waals surface area contributed by atoms with Gasteiger partial charge in [0.15, 0.2) is 0 Å². The highest BCUT2D eigenvalue weighted by Crippen LogP contribution is 2.37. The van der Waals surface area contributed by atoms with Gasteiger partial charge >= 0.3 is 0 Å². The van der Waals surface area contributed by atoms with Crippen LogP contribution in [0, 0.1) is 18.2 Å². The van der Waals surface area contributed by atoms with Crippen LogP contribution in [0.25, 0.3) is 11.1 Å². The molecule has 0 aliphatic carbocycles. The molecule has 0 heterocycles. The van der Waals surface area contributed by atoms with Crippen molar-refractivity contribution < 1.29 is 18.7 Å². The number of hydrogen-bond acceptors (Lipinski definition) is 3. The van der Waals surface area contributed by atoms with Gasteiger partial charge in [-0.2, -0.15) is 0 Å². The summed E-state index contributed by atoms with van der Waals surface area (Å²) >= 11 is 0. The Morgan fingerprint density at radius 2 is 1.68 bits per heavy atom. The number of hydrogen-bond donors (Lipinski definition) is 0. The minimum Gasteiger partial charge on any atom is -0.497 e. The topological polar surface area (TPSA) is 35.5 Å². The van der Waals surface area contributed by atoms with E-state index >= 15 is 0 Å². The van der Waals surface area contributed by atoms with Gasteiger partial charge in [-0.15, -0.1) is 6.42 Å². The fourth-order valence-electron chi connectivity index (χ4n) is 3.92. The molecule has 0 aliphatic heterocycles. The molecule has 0 unspecified atom stereocenters. The second-order valence-corrected chi connectivity index (χ2v) is 9.46. The summed E-state index contributed by atoms with van der Waals surface area (Å²) < 4.78 is 26.2. The van der Waals surface area contributed by atoms with Crippen molar-refractivity contribution in [1.82, 2.24) is 0 Å². The number of carbonyl (C=O) groups is 1. The quantitative estimate of drug-likeness (QED) is 0.339. The molecular formula is C30H31FO3. The lowest BCUT2D eigenvalue weighted by Gasteiger charge is -2.24. The maximum Gasteiger partial charge on any atom is 0.131 e. The maximum atomic E-state index is 14.8. The van der Waals surface area contributed by atoms with Crippen LogP contribution in [0.5, 0.6) is 11.5 Å². The number of halogens is 1. The molecule has 0 spiro atoms. The van der Waals surface area contributed by atoms with Gasteiger partial charge in [0.25, 0.3) is 0 Å². The van der Waals surface area contributed by atoms with Crippen LogP contribution in [-0.2, 0) is 16.8 Å². The molecule has 3 rings (SSSR count). The summed E-state index contributed by atoms with van der Waals surface area (Å²) in [5.41, 5.74) is 4.03. The van der Waals surface area contributed by atoms with E-state index in [4.69, 9.17) is 15.9 Å². The number of terminal acetylenes is 1. The summed E-state index contributed by atoms with van der Waals surface area (Å²) in [7, 11) is 1.57. The van der Waals surface area contributed by atoms with E-state index in [-0.39, 0.29) is 22.9 Å². The maximum absolute atomic E-state index is 14.8. The summed E-state index contributed by atoms with van der Waals surface area (Å²) in [6.45, 7) is 8.19. The largest absolute Gasteiger partial charge is 0.497 e. The molecule has 176 valence electrons. The summed E-state index contributed by atoms with van der Waals surface area (Å²) in [4.78, 5) is 11.4. The average molecular weight is 459 g/mol. The molecule has 0 bridgehead atoms. The molecule has 0 aromatic heterocycles. The van der Waals surface area contributed by atoms with E-state index in [2.05, 4.69) is 26.7 Å². The Hall–Kier alpha value is -3.58. The molecule has 34 heavy (non-hydrogen) atoms. The number of ether oxygens (including phenoxy) is 2. The number of Topliss-reactive ketones (excluding diaryl/α,β-unsaturated/α-hetero) is 1. The van der Waals surface area contributed by atoms with Crippen LogP contribution >= 0.6 is 0 Å². The molecule has 0 radical (unpaired) electrons. The molecule has 0 saturated carbocycles. The third-order valence-electron chi connectivity index (χ3n) is 5.74. The number of benzene rings is 3. The zero-order chi connectivity index (χ0) is 24.9. The van der Waals surface area contributed by atoms with Gasteiger partial charge in [0.2, 0.25) is 0 Å². The zero-order valence-corrected chi connectivity index (χ0v) is 20.4. The van der Waals surface area contributed by atoms with Crippen molar-refractivity contribution in [3.8, 4) is 35.0 Å². The SMILES string of the molecule is C#C[C@H](CC(C)=O)c1ccc(OCc2ccc(C(C)(C)C)c(-c3cc(OC)ccc3F)c2)cc1. The van der Waals surface area contributed by atoms with Crippen molar-refractivity contribution in [1.29, 1.82) is 0 Å². The molecule has 3 aromatic rings. The van der Waals surface area contributed by atoms with Gasteiger partial charge in [0.05, 0.1) is 13.0 Å². The molecule has 0 amide bonds. The van der Waals surface area contributed by atoms with Gasteiger partial charge in [-0.1, -0.05) is 51.0 Å². The number of ketones is 1. The third-order valence-corrected chi connectivity index (χ3v) is 5.74. The second kappa shape index (κ2) is 10.6. The van der Waals surface area contributed by atoms with Gasteiger partial charge in [-0.25, -0.2) is 4.39 Å². The van der Waals surface area contributed by atoms with Crippen molar-refractivity contribution in [2.75, 3.05) is 7.11 Å². The third kappa shape index (κ3) is 6.05. The number of rotatable bonds is 8. The summed E-state index contributed by atoms with van der Waals surface area (Å²) in [6.07, 6.45) is 5.91. The lowest BCUT2D eigenvalue weighted by atomic mass is 9.81. The van der Waals surface area contributed by atoms with Gasteiger partial charge in [-0.3, -0.25) is 4.79 Å². The molecule has 1 atom stereocenters. The van der Waals surface area contributed by atoms with E-state index in [1.165, 1.54) is 6.07 Å². The first kappa shape index (κ1) is 25.1. The van der Waals surface area contributed by atoms with Crippen molar-refractivity contribution in [3.63, 3.8) is 0 Å². The van der Waals surface area contributed by atoms with E-state index in [1.807, 2.05) is 42.5 Å². The predicted octanol–water partition coefficient (Wildman–Crippen LogP) is 7.07. The molecule has 0 N–H and O–H groups in total. The molecule has 4 heteroatoms. The molecule has 3 aromatic carbocycles. The second-order valence-electron chi connectivity index (χ2n) is 9.46. The van der Waals surface area contributed by atoms with Crippen molar-refractivity contribution in [2.45, 2.75) is 52.1 Å². The highest BCUT2D eigenvalue weighted by atomic mass is 19.1. The summed E-state index contributed by atoms with van der Waals surface area (Å²) in [5, 5.41) is 0. The highest BCUT2D eigenvalue weighted by molar-refractivity contribution is 5.77. The first-order chi connectivity index (χ1) is 16.1. The Labute approximate surface area is 201 Å². The van der Waals surface area contributed by atoms with Crippen molar-refractivity contribution >= 4 is 5.78 Å². The first-order valence-corrected chi connectivity index (χ1v) is 11.3. The van der Waals surface area contributed by atoms with Crippen molar-refractivity contribution in [2.24, 2.45) is 0 Å². The monoisotopic (exact) mass is 458 g/mol. The summed E-state index contributed by atoms with van der Waals surface area (Å²) in [5.74, 6) is 3.50. The van der Waals surface area contributed by atoms with E-state index in [0.717, 1.165) is 22.3 Å². The smallest absolute Gasteiger partial charge is 0.131 e. The Morgan fingerprint density at radius 1 is 1.00 bits per heavy atom. The van der Waals surface area contributed by atoms with E-state index in [0.29, 0.717) is 30.1 Å². The molecule has 0 fully saturated rings. The normalized spacial score (nSPS) is 12.0. The highest BCUT2D eigenvalue weighted by Gasteiger charge is 2.21. The van der Waals surface area contributed by atoms with E-state index < -0.39 is 0 Å². The van der Waals surface area contributed by atoms with Crippen LogP contribution < -0.4 is 9.47 Å². The average Bonchev–Trinajstić information content (AvgIpc) is 2.81. The number of methoxy groups -OCH3 is 1. The Bertz CT molecular complexity index is 1200.